The number of fused-ring (bicyclic) bond motifs is 10. The smallest absolute Gasteiger partial charge is 0.188 e. The van der Waals surface area contributed by atoms with Gasteiger partial charge in [-0.15, -0.1) is 0 Å². The Kier molecular flexibility index (Phi) is 5.90. The second kappa shape index (κ2) is 10.6. The molecule has 0 aliphatic heterocycles. The lowest BCUT2D eigenvalue weighted by atomic mass is 9.93. The van der Waals surface area contributed by atoms with Crippen LogP contribution in [0.15, 0.2) is 158 Å². The molecule has 0 bridgehead atoms. The maximum Gasteiger partial charge on any atom is 0.188 e. The molecule has 10 rings (SSSR count). The lowest BCUT2D eigenvalue weighted by molar-refractivity contribution is 1.18. The highest BCUT2D eigenvalue weighted by atomic mass is 15.0. The molecule has 0 N–H and O–H groups in total. The zero-order valence-corrected chi connectivity index (χ0v) is 26.3. The molecule has 0 amide bonds. The van der Waals surface area contributed by atoms with Gasteiger partial charge in [-0.05, 0) is 76.5 Å². The molecule has 0 fully saturated rings. The van der Waals surface area contributed by atoms with Crippen molar-refractivity contribution in [2.24, 2.45) is 0 Å². The van der Waals surface area contributed by atoms with Crippen LogP contribution in [-0.2, 0) is 0 Å². The van der Waals surface area contributed by atoms with E-state index >= 15 is 0 Å². The molecule has 0 saturated heterocycles. The molecule has 0 spiro atoms. The Bertz CT molecular complexity index is 2990. The topological polar surface area (TPSA) is 35.1 Å². The number of rotatable bonds is 3. The minimum absolute atomic E-state index is 0.634. The van der Waals surface area contributed by atoms with Gasteiger partial charge in [-0.25, -0.2) is 9.83 Å². The summed E-state index contributed by atoms with van der Waals surface area (Å²) >= 11 is 0. The lowest BCUT2D eigenvalue weighted by Crippen LogP contribution is -1.93. The molecule has 3 aromatic heterocycles. The van der Waals surface area contributed by atoms with E-state index in [1.807, 2.05) is 30.5 Å². The van der Waals surface area contributed by atoms with Gasteiger partial charge in [-0.3, -0.25) is 4.98 Å². The molecule has 0 aliphatic carbocycles. The van der Waals surface area contributed by atoms with Crippen molar-refractivity contribution in [1.82, 2.24) is 14.5 Å². The zero-order chi connectivity index (χ0) is 32.5. The molecule has 3 heterocycles. The van der Waals surface area contributed by atoms with Crippen LogP contribution in [0.5, 0.6) is 0 Å². The number of hydrogen-bond donors (Lipinski definition) is 0. The van der Waals surface area contributed by atoms with Crippen LogP contribution in [0.4, 0.5) is 5.69 Å². The van der Waals surface area contributed by atoms with Gasteiger partial charge in [0.15, 0.2) is 5.69 Å². The third-order valence-electron chi connectivity index (χ3n) is 9.78. The molecule has 0 radical (unpaired) electrons. The summed E-state index contributed by atoms with van der Waals surface area (Å²) < 4.78 is 2.28. The molecular weight excluding hydrogens is 597 g/mol. The van der Waals surface area contributed by atoms with Crippen LogP contribution in [0, 0.1) is 6.57 Å². The number of pyridine rings is 2. The number of aromatic nitrogens is 3. The number of hydrogen-bond acceptors (Lipinski definition) is 2. The Morgan fingerprint density at radius 1 is 0.490 bits per heavy atom. The first-order valence-electron chi connectivity index (χ1n) is 16.4. The van der Waals surface area contributed by atoms with E-state index in [-0.39, 0.29) is 0 Å². The Balaban J connectivity index is 1.26. The van der Waals surface area contributed by atoms with Crippen LogP contribution in [0.1, 0.15) is 0 Å². The number of nitrogens with zero attached hydrogens (tertiary/aromatic N) is 4. The molecule has 4 nitrogen and oxygen atoms in total. The molecule has 4 heteroatoms. The quantitative estimate of drug-likeness (QED) is 0.145. The number of benzene rings is 7. The van der Waals surface area contributed by atoms with E-state index in [0.717, 1.165) is 82.5 Å². The van der Waals surface area contributed by atoms with Gasteiger partial charge in [-0.2, -0.15) is 0 Å². The van der Waals surface area contributed by atoms with Crippen LogP contribution in [-0.4, -0.2) is 14.5 Å². The lowest BCUT2D eigenvalue weighted by Gasteiger charge is -2.15. The molecule has 0 aliphatic rings. The third-order valence-corrected chi connectivity index (χ3v) is 9.78. The number of para-hydroxylation sites is 1. The zero-order valence-electron chi connectivity index (χ0n) is 26.3. The van der Waals surface area contributed by atoms with Crippen LogP contribution in [0.2, 0.25) is 0 Å². The van der Waals surface area contributed by atoms with E-state index < -0.39 is 0 Å². The van der Waals surface area contributed by atoms with Crippen molar-refractivity contribution in [3.05, 3.63) is 169 Å². The van der Waals surface area contributed by atoms with Gasteiger partial charge in [0.25, 0.3) is 0 Å². The van der Waals surface area contributed by atoms with Crippen molar-refractivity contribution in [3.8, 4) is 28.1 Å². The average Bonchev–Trinajstić information content (AvgIpc) is 3.50. The Hall–Kier alpha value is -6.83. The summed E-state index contributed by atoms with van der Waals surface area (Å²) in [5.41, 5.74) is 10.1. The first kappa shape index (κ1) is 27.3. The largest absolute Gasteiger partial charge is 0.309 e. The van der Waals surface area contributed by atoms with Crippen molar-refractivity contribution < 1.29 is 0 Å². The van der Waals surface area contributed by atoms with Gasteiger partial charge < -0.3 is 4.57 Å². The molecule has 0 unspecified atom stereocenters. The molecule has 0 atom stereocenters. The predicted molar refractivity (Wildman–Crippen MR) is 204 cm³/mol. The average molecular weight is 623 g/mol. The minimum Gasteiger partial charge on any atom is -0.309 e. The van der Waals surface area contributed by atoms with Gasteiger partial charge in [0.2, 0.25) is 0 Å². The molecule has 10 aromatic rings. The van der Waals surface area contributed by atoms with E-state index in [4.69, 9.17) is 16.5 Å². The SMILES string of the molecule is [C-]#[N+]c1ccc2c(c1)c1cc(-c3ccc4c(c3)nc(-c3ccccc3)c3ccc5ncc6ccccc6c5c34)ccc1n2-c1ccccc1. The second-order valence-electron chi connectivity index (χ2n) is 12.5. The highest BCUT2D eigenvalue weighted by Crippen LogP contribution is 2.41. The molecule has 0 saturated carbocycles. The fourth-order valence-electron chi connectivity index (χ4n) is 7.55. The second-order valence-corrected chi connectivity index (χ2v) is 12.5. The maximum atomic E-state index is 7.69. The summed E-state index contributed by atoms with van der Waals surface area (Å²) in [7, 11) is 0. The summed E-state index contributed by atoms with van der Waals surface area (Å²) in [4.78, 5) is 14.0. The summed E-state index contributed by atoms with van der Waals surface area (Å²) in [5, 5.41) is 9.03. The highest BCUT2D eigenvalue weighted by Gasteiger charge is 2.18. The predicted octanol–water partition coefficient (Wildman–Crippen LogP) is 12.1. The molecule has 7 aromatic carbocycles. The van der Waals surface area contributed by atoms with Crippen molar-refractivity contribution >= 4 is 70.8 Å². The summed E-state index contributed by atoms with van der Waals surface area (Å²) in [5.74, 6) is 0. The fourth-order valence-corrected chi connectivity index (χ4v) is 7.55. The first-order chi connectivity index (χ1) is 24.2. The summed E-state index contributed by atoms with van der Waals surface area (Å²) in [6, 6.07) is 53.0. The van der Waals surface area contributed by atoms with Gasteiger partial charge in [0.05, 0.1) is 34.3 Å². The summed E-state index contributed by atoms with van der Waals surface area (Å²) in [6.45, 7) is 7.69. The highest BCUT2D eigenvalue weighted by molar-refractivity contribution is 6.28. The molecule has 49 heavy (non-hydrogen) atoms. The van der Waals surface area contributed by atoms with Crippen LogP contribution >= 0.6 is 0 Å². The Morgan fingerprint density at radius 3 is 2.02 bits per heavy atom. The van der Waals surface area contributed by atoms with Crippen molar-refractivity contribution in [2.45, 2.75) is 0 Å². The van der Waals surface area contributed by atoms with E-state index in [2.05, 4.69) is 137 Å². The van der Waals surface area contributed by atoms with Crippen LogP contribution in [0.25, 0.3) is 98.1 Å². The van der Waals surface area contributed by atoms with Crippen molar-refractivity contribution in [1.29, 1.82) is 0 Å². The van der Waals surface area contributed by atoms with Gasteiger partial charge >= 0.3 is 0 Å². The van der Waals surface area contributed by atoms with Crippen LogP contribution in [0.3, 0.4) is 0 Å². The van der Waals surface area contributed by atoms with E-state index in [0.29, 0.717) is 5.69 Å². The summed E-state index contributed by atoms with van der Waals surface area (Å²) in [6.07, 6.45) is 1.97. The first-order valence-corrected chi connectivity index (χ1v) is 16.4. The van der Waals surface area contributed by atoms with Crippen molar-refractivity contribution in [3.63, 3.8) is 0 Å². The minimum atomic E-state index is 0.634. The Morgan fingerprint density at radius 2 is 1.18 bits per heavy atom. The molecule has 226 valence electrons. The Labute approximate surface area is 282 Å². The van der Waals surface area contributed by atoms with Gasteiger partial charge in [0, 0.05) is 49.8 Å². The third kappa shape index (κ3) is 4.16. The maximum absolute atomic E-state index is 7.69. The van der Waals surface area contributed by atoms with E-state index in [9.17, 15) is 0 Å². The van der Waals surface area contributed by atoms with Crippen molar-refractivity contribution in [2.75, 3.05) is 0 Å². The van der Waals surface area contributed by atoms with Gasteiger partial charge in [-0.1, -0.05) is 97.1 Å². The normalized spacial score (nSPS) is 11.7. The van der Waals surface area contributed by atoms with E-state index in [1.54, 1.807) is 0 Å². The van der Waals surface area contributed by atoms with E-state index in [1.165, 1.54) is 10.8 Å². The van der Waals surface area contributed by atoms with Crippen LogP contribution < -0.4 is 0 Å². The van der Waals surface area contributed by atoms with Gasteiger partial charge in [0.1, 0.15) is 0 Å². The standard InChI is InChI=1S/C45H26N4/c1-46-32-18-23-42-38(26-32)37-24-29(17-22-41(37)49(42)33-13-6-3-7-14-33)30-16-19-35-40(25-30)48-45(28-10-4-2-5-11-28)36-20-21-39-44(43(35)36)34-15-9-8-12-31(34)27-47-39/h2-27H. The molecular formula is C45H26N4. The monoisotopic (exact) mass is 622 g/mol. The fraction of sp³-hybridized carbons (Fsp3) is 0.